The topological polar surface area (TPSA) is 85.3 Å². The quantitative estimate of drug-likeness (QED) is 0.487. The van der Waals surface area contributed by atoms with Crippen molar-refractivity contribution in [3.05, 3.63) is 75.1 Å². The summed E-state index contributed by atoms with van der Waals surface area (Å²) in [5.74, 6) is -1.41. The SMILES string of the molecule is [NH3+]C1CCCC[C@H]1N(C(=O)c1ccc(Cl)cc1Cl)c1cc(-c2ccccc2)sc1C(=O)O. The van der Waals surface area contributed by atoms with Gasteiger partial charge in [-0.3, -0.25) is 9.69 Å². The Balaban J connectivity index is 1.87. The number of benzene rings is 2. The fraction of sp³-hybridized carbons (Fsp3) is 0.250. The smallest absolute Gasteiger partial charge is 0.348 e. The van der Waals surface area contributed by atoms with Crippen LogP contribution in [0.4, 0.5) is 5.69 Å². The first-order chi connectivity index (χ1) is 15.4. The van der Waals surface area contributed by atoms with Gasteiger partial charge in [-0.15, -0.1) is 11.3 Å². The Labute approximate surface area is 200 Å². The van der Waals surface area contributed by atoms with Gasteiger partial charge in [-0.05, 0) is 42.7 Å². The van der Waals surface area contributed by atoms with Crippen molar-refractivity contribution < 1.29 is 20.4 Å². The molecule has 1 unspecified atom stereocenters. The zero-order valence-electron chi connectivity index (χ0n) is 17.3. The number of amides is 1. The van der Waals surface area contributed by atoms with Crippen LogP contribution in [0.5, 0.6) is 0 Å². The third-order valence-corrected chi connectivity index (χ3v) is 7.51. The number of halogens is 2. The van der Waals surface area contributed by atoms with Crippen LogP contribution in [0.3, 0.4) is 0 Å². The van der Waals surface area contributed by atoms with E-state index in [1.54, 1.807) is 23.1 Å². The highest BCUT2D eigenvalue weighted by molar-refractivity contribution is 7.18. The molecule has 32 heavy (non-hydrogen) atoms. The maximum Gasteiger partial charge on any atom is 0.348 e. The molecule has 1 fully saturated rings. The first kappa shape index (κ1) is 22.8. The van der Waals surface area contributed by atoms with Crippen molar-refractivity contribution in [2.45, 2.75) is 37.8 Å². The van der Waals surface area contributed by atoms with Gasteiger partial charge >= 0.3 is 5.97 Å². The van der Waals surface area contributed by atoms with E-state index in [-0.39, 0.29) is 33.5 Å². The maximum atomic E-state index is 13.8. The highest BCUT2D eigenvalue weighted by atomic mass is 35.5. The predicted octanol–water partition coefficient (Wildman–Crippen LogP) is 5.62. The molecule has 1 aliphatic rings. The van der Waals surface area contributed by atoms with Crippen molar-refractivity contribution in [2.75, 3.05) is 4.90 Å². The van der Waals surface area contributed by atoms with Crippen LogP contribution < -0.4 is 10.6 Å². The molecule has 4 rings (SSSR count). The van der Waals surface area contributed by atoms with Crippen LogP contribution in [0.1, 0.15) is 45.7 Å². The summed E-state index contributed by atoms with van der Waals surface area (Å²) in [5, 5.41) is 10.7. The van der Waals surface area contributed by atoms with E-state index in [2.05, 4.69) is 5.73 Å². The van der Waals surface area contributed by atoms with Crippen molar-refractivity contribution in [2.24, 2.45) is 0 Å². The van der Waals surface area contributed by atoms with Crippen molar-refractivity contribution in [1.82, 2.24) is 0 Å². The predicted molar refractivity (Wildman–Crippen MR) is 129 cm³/mol. The van der Waals surface area contributed by atoms with E-state index in [0.717, 1.165) is 36.1 Å². The van der Waals surface area contributed by atoms with E-state index in [9.17, 15) is 14.7 Å². The van der Waals surface area contributed by atoms with Gasteiger partial charge in [0.2, 0.25) is 0 Å². The number of quaternary nitrogens is 1. The Kier molecular flexibility index (Phi) is 6.86. The van der Waals surface area contributed by atoms with Crippen LogP contribution in [-0.4, -0.2) is 29.1 Å². The molecular weight excluding hydrogens is 467 g/mol. The number of carboxylic acids is 1. The zero-order chi connectivity index (χ0) is 22.8. The Morgan fingerprint density at radius 3 is 2.41 bits per heavy atom. The minimum absolute atomic E-state index is 0.0134. The molecule has 4 N–H and O–H groups in total. The van der Waals surface area contributed by atoms with E-state index in [0.29, 0.717) is 10.7 Å². The average Bonchev–Trinajstić information content (AvgIpc) is 3.21. The van der Waals surface area contributed by atoms with Crippen LogP contribution in [0.15, 0.2) is 54.6 Å². The highest BCUT2D eigenvalue weighted by Crippen LogP contribution is 2.40. The first-order valence-electron chi connectivity index (χ1n) is 10.4. The number of nitrogens with zero attached hydrogens (tertiary/aromatic N) is 1. The number of carbonyl (C=O) groups is 2. The number of hydrogen-bond donors (Lipinski definition) is 2. The van der Waals surface area contributed by atoms with Gasteiger partial charge in [0.25, 0.3) is 5.91 Å². The molecule has 1 saturated carbocycles. The molecule has 2 atom stereocenters. The Bertz CT molecular complexity index is 1150. The molecule has 0 bridgehead atoms. The van der Waals surface area contributed by atoms with Crippen LogP contribution >= 0.6 is 34.5 Å². The molecule has 0 aliphatic heterocycles. The Morgan fingerprint density at radius 2 is 1.75 bits per heavy atom. The number of carboxylic acid groups (broad SMARTS) is 1. The molecule has 0 saturated heterocycles. The van der Waals surface area contributed by atoms with Gasteiger partial charge in [-0.1, -0.05) is 60.0 Å². The molecule has 1 amide bonds. The molecule has 1 aliphatic carbocycles. The molecule has 5 nitrogen and oxygen atoms in total. The minimum atomic E-state index is -1.07. The summed E-state index contributed by atoms with van der Waals surface area (Å²) < 4.78 is 0. The second-order valence-corrected chi connectivity index (χ2v) is 9.80. The average molecular weight is 490 g/mol. The summed E-state index contributed by atoms with van der Waals surface area (Å²) in [6.45, 7) is 0. The van der Waals surface area contributed by atoms with Gasteiger partial charge in [0.1, 0.15) is 10.9 Å². The van der Waals surface area contributed by atoms with E-state index in [1.807, 2.05) is 30.3 Å². The number of rotatable bonds is 5. The van der Waals surface area contributed by atoms with Gasteiger partial charge in [-0.2, -0.15) is 0 Å². The lowest BCUT2D eigenvalue weighted by Gasteiger charge is -2.36. The largest absolute Gasteiger partial charge is 0.477 e. The Hall–Kier alpha value is -2.38. The van der Waals surface area contributed by atoms with Crippen LogP contribution in [0, 0.1) is 0 Å². The van der Waals surface area contributed by atoms with Gasteiger partial charge in [-0.25, -0.2) is 4.79 Å². The van der Waals surface area contributed by atoms with E-state index in [1.165, 1.54) is 17.4 Å². The molecule has 2 aromatic carbocycles. The summed E-state index contributed by atoms with van der Waals surface area (Å²) in [6, 6.07) is 15.8. The summed E-state index contributed by atoms with van der Waals surface area (Å²) in [7, 11) is 0. The minimum Gasteiger partial charge on any atom is -0.477 e. The van der Waals surface area contributed by atoms with E-state index in [4.69, 9.17) is 23.2 Å². The summed E-state index contributed by atoms with van der Waals surface area (Å²) in [5.41, 5.74) is 5.86. The fourth-order valence-corrected chi connectivity index (χ4v) is 5.70. The maximum absolute atomic E-state index is 13.8. The van der Waals surface area contributed by atoms with E-state index >= 15 is 0 Å². The van der Waals surface area contributed by atoms with E-state index < -0.39 is 5.97 Å². The normalized spacial score (nSPS) is 18.3. The molecule has 0 radical (unpaired) electrons. The molecule has 1 heterocycles. The van der Waals surface area contributed by atoms with Crippen molar-refractivity contribution in [3.8, 4) is 10.4 Å². The Morgan fingerprint density at radius 1 is 1.03 bits per heavy atom. The summed E-state index contributed by atoms with van der Waals surface area (Å²) in [4.78, 5) is 28.6. The monoisotopic (exact) mass is 489 g/mol. The zero-order valence-corrected chi connectivity index (χ0v) is 19.6. The van der Waals surface area contributed by atoms with Crippen molar-refractivity contribution >= 4 is 52.1 Å². The first-order valence-corrected chi connectivity index (χ1v) is 12.0. The number of anilines is 1. The molecule has 8 heteroatoms. The number of thiophene rings is 1. The molecule has 166 valence electrons. The molecular formula is C24H23Cl2N2O3S+. The van der Waals surface area contributed by atoms with Gasteiger partial charge in [0.05, 0.1) is 22.3 Å². The second kappa shape index (κ2) is 9.63. The number of hydrogen-bond acceptors (Lipinski definition) is 3. The van der Waals surface area contributed by atoms with Gasteiger partial charge in [0, 0.05) is 16.3 Å². The lowest BCUT2D eigenvalue weighted by molar-refractivity contribution is -0.428. The molecule has 3 aromatic rings. The number of carbonyl (C=O) groups excluding carboxylic acids is 1. The van der Waals surface area contributed by atoms with Crippen LogP contribution in [0.2, 0.25) is 10.0 Å². The lowest BCUT2D eigenvalue weighted by atomic mass is 9.89. The third kappa shape index (κ3) is 4.55. The summed E-state index contributed by atoms with van der Waals surface area (Å²) in [6.07, 6.45) is 3.62. The van der Waals surface area contributed by atoms with Crippen molar-refractivity contribution in [1.29, 1.82) is 0 Å². The van der Waals surface area contributed by atoms with Crippen molar-refractivity contribution in [3.63, 3.8) is 0 Å². The third-order valence-electron chi connectivity index (χ3n) is 5.81. The lowest BCUT2D eigenvalue weighted by Crippen LogP contribution is -2.71. The summed E-state index contributed by atoms with van der Waals surface area (Å²) >= 11 is 13.6. The van der Waals surface area contributed by atoms with Crippen LogP contribution in [0.25, 0.3) is 10.4 Å². The van der Waals surface area contributed by atoms with Crippen LogP contribution in [-0.2, 0) is 0 Å². The number of aromatic carboxylic acids is 1. The van der Waals surface area contributed by atoms with Gasteiger partial charge < -0.3 is 10.8 Å². The highest BCUT2D eigenvalue weighted by Gasteiger charge is 2.38. The van der Waals surface area contributed by atoms with Gasteiger partial charge in [0.15, 0.2) is 0 Å². The second-order valence-electron chi connectivity index (χ2n) is 7.91. The standard InChI is InChI=1S/C24H22Cl2N2O3S/c25-15-10-11-16(17(26)12-15)23(29)28(19-9-5-4-8-18(19)27)20-13-21(32-22(20)24(30)31)14-6-2-1-3-7-14/h1-3,6-7,10-13,18-19H,4-5,8-9,27H2,(H,30,31)/p+1/t18?,19-/m1/s1. The fourth-order valence-electron chi connectivity index (χ4n) is 4.22. The molecule has 0 spiro atoms. The molecule has 1 aromatic heterocycles.